The van der Waals surface area contributed by atoms with Crippen molar-refractivity contribution in [2.45, 2.75) is 19.9 Å². The number of aromatic nitrogens is 2. The summed E-state index contributed by atoms with van der Waals surface area (Å²) in [7, 11) is 4.55. The number of pyridine rings is 1. The molecule has 1 amide bonds. The SMILES string of the molecule is COCCN1C(=O)C(=O)/C(=C(/O)c2nc3c(C)cccn3c2C)C1c1ccc(OC)c(OC)c1. The van der Waals surface area contributed by atoms with E-state index in [-0.39, 0.29) is 30.2 Å². The summed E-state index contributed by atoms with van der Waals surface area (Å²) in [5.74, 6) is -0.861. The second-order valence-electron chi connectivity index (χ2n) is 8.03. The number of amides is 1. The number of benzene rings is 1. The highest BCUT2D eigenvalue weighted by atomic mass is 16.5. The Labute approximate surface area is 197 Å². The normalized spacial score (nSPS) is 17.6. The van der Waals surface area contributed by atoms with Gasteiger partial charge in [0.15, 0.2) is 17.3 Å². The Bertz CT molecular complexity index is 1310. The van der Waals surface area contributed by atoms with Crippen LogP contribution >= 0.6 is 0 Å². The Kier molecular flexibility index (Phi) is 6.30. The van der Waals surface area contributed by atoms with Crippen molar-refractivity contribution in [2.75, 3.05) is 34.5 Å². The van der Waals surface area contributed by atoms with Crippen LogP contribution in [-0.2, 0) is 14.3 Å². The molecule has 3 heterocycles. The smallest absolute Gasteiger partial charge is 0.295 e. The Morgan fingerprint density at radius 1 is 1.09 bits per heavy atom. The molecule has 1 atom stereocenters. The first-order chi connectivity index (χ1) is 16.3. The average Bonchev–Trinajstić information content (AvgIpc) is 3.31. The zero-order valence-corrected chi connectivity index (χ0v) is 19.8. The van der Waals surface area contributed by atoms with E-state index in [0.29, 0.717) is 28.4 Å². The molecule has 3 aromatic rings. The van der Waals surface area contributed by atoms with Gasteiger partial charge in [-0.3, -0.25) is 9.59 Å². The lowest BCUT2D eigenvalue weighted by Gasteiger charge is -2.25. The molecule has 34 heavy (non-hydrogen) atoms. The second kappa shape index (κ2) is 9.18. The highest BCUT2D eigenvalue weighted by Gasteiger charge is 2.46. The fraction of sp³-hybridized carbons (Fsp3) is 0.320. The largest absolute Gasteiger partial charge is 0.505 e. The van der Waals surface area contributed by atoms with Crippen molar-refractivity contribution in [3.05, 3.63) is 64.6 Å². The molecule has 1 unspecified atom stereocenters. The van der Waals surface area contributed by atoms with Crippen LogP contribution in [0.25, 0.3) is 11.4 Å². The van der Waals surface area contributed by atoms with Crippen molar-refractivity contribution in [3.63, 3.8) is 0 Å². The van der Waals surface area contributed by atoms with Gasteiger partial charge < -0.3 is 28.6 Å². The Morgan fingerprint density at radius 3 is 2.47 bits per heavy atom. The molecule has 178 valence electrons. The maximum absolute atomic E-state index is 13.2. The number of aliphatic hydroxyl groups excluding tert-OH is 1. The van der Waals surface area contributed by atoms with E-state index < -0.39 is 17.7 Å². The topological polar surface area (TPSA) is 103 Å². The molecule has 1 aliphatic rings. The average molecular weight is 466 g/mol. The van der Waals surface area contributed by atoms with Gasteiger partial charge in [-0.2, -0.15) is 0 Å². The molecule has 9 heteroatoms. The number of ketones is 1. The van der Waals surface area contributed by atoms with Gasteiger partial charge in [0.25, 0.3) is 11.7 Å². The fourth-order valence-corrected chi connectivity index (χ4v) is 4.34. The molecule has 4 rings (SSSR count). The number of methoxy groups -OCH3 is 3. The number of imidazole rings is 1. The third-order valence-corrected chi connectivity index (χ3v) is 6.11. The molecule has 0 saturated carbocycles. The minimum atomic E-state index is -0.847. The zero-order valence-electron chi connectivity index (χ0n) is 19.8. The molecular formula is C25H27N3O6. The minimum Gasteiger partial charge on any atom is -0.505 e. The van der Waals surface area contributed by atoms with E-state index in [1.165, 1.54) is 26.2 Å². The minimum absolute atomic E-state index is 0.0301. The van der Waals surface area contributed by atoms with Gasteiger partial charge in [-0.1, -0.05) is 12.1 Å². The highest BCUT2D eigenvalue weighted by molar-refractivity contribution is 6.46. The number of aryl methyl sites for hydroxylation is 2. The predicted octanol–water partition coefficient (Wildman–Crippen LogP) is 3.04. The van der Waals surface area contributed by atoms with Gasteiger partial charge >= 0.3 is 0 Å². The molecule has 1 N–H and O–H groups in total. The van der Waals surface area contributed by atoms with Crippen LogP contribution < -0.4 is 9.47 Å². The summed E-state index contributed by atoms with van der Waals surface area (Å²) in [5, 5.41) is 11.4. The summed E-state index contributed by atoms with van der Waals surface area (Å²) < 4.78 is 17.8. The number of nitrogens with zero attached hydrogens (tertiary/aromatic N) is 3. The summed E-state index contributed by atoms with van der Waals surface area (Å²) in [6.45, 7) is 4.11. The summed E-state index contributed by atoms with van der Waals surface area (Å²) in [5.41, 5.74) is 3.05. The van der Waals surface area contributed by atoms with Gasteiger partial charge in [0.05, 0.1) is 38.1 Å². The molecule has 0 aliphatic carbocycles. The summed E-state index contributed by atoms with van der Waals surface area (Å²) in [6.07, 6.45) is 1.84. The van der Waals surface area contributed by atoms with Crippen molar-refractivity contribution in [1.29, 1.82) is 0 Å². The van der Waals surface area contributed by atoms with E-state index in [1.807, 2.05) is 29.7 Å². The standard InChI is InChI=1S/C25H27N3O6/c1-14-7-6-10-27-15(2)20(26-24(14)27)22(29)19-21(28(11-12-32-3)25(31)23(19)30)16-8-9-17(33-4)18(13-16)34-5/h6-10,13,21,29H,11-12H2,1-5H3/b22-19+. The van der Waals surface area contributed by atoms with Crippen LogP contribution in [0.15, 0.2) is 42.1 Å². The maximum Gasteiger partial charge on any atom is 0.295 e. The molecule has 0 bridgehead atoms. The molecular weight excluding hydrogens is 438 g/mol. The molecule has 2 aromatic heterocycles. The lowest BCUT2D eigenvalue weighted by Crippen LogP contribution is -2.32. The van der Waals surface area contributed by atoms with Crippen molar-refractivity contribution < 1.29 is 28.9 Å². The van der Waals surface area contributed by atoms with Gasteiger partial charge in [0.1, 0.15) is 11.3 Å². The van der Waals surface area contributed by atoms with E-state index in [2.05, 4.69) is 4.98 Å². The molecule has 1 aromatic carbocycles. The number of likely N-dealkylation sites (tertiary alicyclic amines) is 1. The fourth-order valence-electron chi connectivity index (χ4n) is 4.34. The number of carbonyl (C=O) groups excluding carboxylic acids is 2. The van der Waals surface area contributed by atoms with Crippen LogP contribution in [0.3, 0.4) is 0 Å². The molecule has 1 saturated heterocycles. The lowest BCUT2D eigenvalue weighted by atomic mass is 9.96. The third-order valence-electron chi connectivity index (χ3n) is 6.11. The Balaban J connectivity index is 1.94. The van der Waals surface area contributed by atoms with Crippen molar-refractivity contribution in [2.24, 2.45) is 0 Å². The number of ether oxygens (including phenoxy) is 3. The highest BCUT2D eigenvalue weighted by Crippen LogP contribution is 2.42. The first-order valence-electron chi connectivity index (χ1n) is 10.8. The van der Waals surface area contributed by atoms with Crippen LogP contribution in [0.2, 0.25) is 0 Å². The number of rotatable bonds is 7. The predicted molar refractivity (Wildman–Crippen MR) is 125 cm³/mol. The zero-order chi connectivity index (χ0) is 24.6. The summed E-state index contributed by atoms with van der Waals surface area (Å²) in [6, 6.07) is 8.09. The number of fused-ring (bicyclic) bond motifs is 1. The number of carbonyl (C=O) groups is 2. The van der Waals surface area contributed by atoms with Gasteiger partial charge in [0.2, 0.25) is 0 Å². The molecule has 0 radical (unpaired) electrons. The Morgan fingerprint density at radius 2 is 1.82 bits per heavy atom. The van der Waals surface area contributed by atoms with E-state index in [1.54, 1.807) is 25.1 Å². The van der Waals surface area contributed by atoms with E-state index in [4.69, 9.17) is 14.2 Å². The number of hydrogen-bond acceptors (Lipinski definition) is 7. The van der Waals surface area contributed by atoms with Crippen molar-refractivity contribution in [1.82, 2.24) is 14.3 Å². The number of hydrogen-bond donors (Lipinski definition) is 1. The molecule has 1 fully saturated rings. The maximum atomic E-state index is 13.2. The van der Waals surface area contributed by atoms with Crippen molar-refractivity contribution in [3.8, 4) is 11.5 Å². The van der Waals surface area contributed by atoms with Gasteiger partial charge in [-0.15, -0.1) is 0 Å². The summed E-state index contributed by atoms with van der Waals surface area (Å²) in [4.78, 5) is 32.2. The molecule has 1 aliphatic heterocycles. The quantitative estimate of drug-likeness (QED) is 0.325. The molecule has 9 nitrogen and oxygen atoms in total. The van der Waals surface area contributed by atoms with Crippen LogP contribution in [0, 0.1) is 13.8 Å². The lowest BCUT2D eigenvalue weighted by molar-refractivity contribution is -0.140. The van der Waals surface area contributed by atoms with Crippen LogP contribution in [-0.4, -0.2) is 65.6 Å². The van der Waals surface area contributed by atoms with Gasteiger partial charge in [-0.25, -0.2) is 4.98 Å². The van der Waals surface area contributed by atoms with Crippen molar-refractivity contribution >= 4 is 23.1 Å². The van der Waals surface area contributed by atoms with Gasteiger partial charge in [-0.05, 0) is 43.2 Å². The summed E-state index contributed by atoms with van der Waals surface area (Å²) >= 11 is 0. The number of aliphatic hydroxyl groups is 1. The first-order valence-corrected chi connectivity index (χ1v) is 10.8. The van der Waals surface area contributed by atoms with Crippen LogP contribution in [0.4, 0.5) is 0 Å². The van der Waals surface area contributed by atoms with E-state index in [0.717, 1.165) is 5.56 Å². The first kappa shape index (κ1) is 23.3. The van der Waals surface area contributed by atoms with Gasteiger partial charge in [0, 0.05) is 19.9 Å². The number of Topliss-reactive ketones (excluding diaryl/α,β-unsaturated/α-hetero) is 1. The molecule has 0 spiro atoms. The van der Waals surface area contributed by atoms with Crippen LogP contribution in [0.1, 0.15) is 28.6 Å². The van der Waals surface area contributed by atoms with Crippen LogP contribution in [0.5, 0.6) is 11.5 Å². The van der Waals surface area contributed by atoms with E-state index in [9.17, 15) is 14.7 Å². The third kappa shape index (κ3) is 3.67. The van der Waals surface area contributed by atoms with E-state index >= 15 is 0 Å². The monoisotopic (exact) mass is 465 g/mol. The Hall–Kier alpha value is -3.85. The second-order valence-corrected chi connectivity index (χ2v) is 8.03.